The predicted molar refractivity (Wildman–Crippen MR) is 91.4 cm³/mol. The molecule has 2 rings (SSSR count). The SMILES string of the molecule is C=Nc1cc(C(=O)NC2CCC(C(=O)O)CC2)ccc1C(=C)Cl. The van der Waals surface area contributed by atoms with Gasteiger partial charge in [0.2, 0.25) is 0 Å². The van der Waals surface area contributed by atoms with Crippen LogP contribution in [-0.4, -0.2) is 29.7 Å². The number of nitrogens with one attached hydrogen (secondary N) is 1. The number of aliphatic carboxylic acids is 1. The average Bonchev–Trinajstić information content (AvgIpc) is 2.54. The number of nitrogens with zero attached hydrogens (tertiary/aromatic N) is 1. The molecule has 1 saturated carbocycles. The summed E-state index contributed by atoms with van der Waals surface area (Å²) in [4.78, 5) is 27.1. The molecule has 0 heterocycles. The smallest absolute Gasteiger partial charge is 0.306 e. The van der Waals surface area contributed by atoms with Crippen molar-refractivity contribution in [1.82, 2.24) is 5.32 Å². The van der Waals surface area contributed by atoms with Crippen LogP contribution in [0.2, 0.25) is 0 Å². The Kier molecular flexibility index (Phi) is 5.55. The van der Waals surface area contributed by atoms with Crippen LogP contribution in [0.25, 0.3) is 5.03 Å². The highest BCUT2D eigenvalue weighted by Gasteiger charge is 2.27. The summed E-state index contributed by atoms with van der Waals surface area (Å²) in [7, 11) is 0. The minimum Gasteiger partial charge on any atom is -0.481 e. The van der Waals surface area contributed by atoms with E-state index in [0.717, 1.165) is 0 Å². The van der Waals surface area contributed by atoms with Gasteiger partial charge in [-0.1, -0.05) is 24.2 Å². The molecule has 0 aliphatic heterocycles. The Balaban J connectivity index is 2.03. The summed E-state index contributed by atoms with van der Waals surface area (Å²) in [5.74, 6) is -1.26. The number of carboxylic acids is 1. The third kappa shape index (κ3) is 4.20. The lowest BCUT2D eigenvalue weighted by Crippen LogP contribution is -2.38. The number of carboxylic acid groups (broad SMARTS) is 1. The van der Waals surface area contributed by atoms with E-state index < -0.39 is 5.97 Å². The second-order valence-corrected chi connectivity index (χ2v) is 6.11. The van der Waals surface area contributed by atoms with Gasteiger partial charge in [0.25, 0.3) is 5.91 Å². The van der Waals surface area contributed by atoms with Gasteiger partial charge in [-0.15, -0.1) is 0 Å². The van der Waals surface area contributed by atoms with Crippen LogP contribution in [0.3, 0.4) is 0 Å². The zero-order chi connectivity index (χ0) is 17.0. The topological polar surface area (TPSA) is 78.8 Å². The minimum absolute atomic E-state index is 0.000842. The lowest BCUT2D eigenvalue weighted by Gasteiger charge is -2.26. The normalized spacial score (nSPS) is 20.6. The largest absolute Gasteiger partial charge is 0.481 e. The van der Waals surface area contributed by atoms with Crippen LogP contribution in [0, 0.1) is 5.92 Å². The Morgan fingerprint density at radius 3 is 2.43 bits per heavy atom. The Morgan fingerprint density at radius 1 is 1.26 bits per heavy atom. The molecule has 0 spiro atoms. The second kappa shape index (κ2) is 7.42. The van der Waals surface area contributed by atoms with Crippen LogP contribution >= 0.6 is 11.6 Å². The number of aliphatic imine (C=N–C) groups is 1. The Labute approximate surface area is 140 Å². The highest BCUT2D eigenvalue weighted by Crippen LogP contribution is 2.29. The van der Waals surface area contributed by atoms with Gasteiger partial charge in [-0.3, -0.25) is 14.6 Å². The molecule has 1 aliphatic rings. The molecule has 0 bridgehead atoms. The van der Waals surface area contributed by atoms with Gasteiger partial charge in [0, 0.05) is 22.2 Å². The number of halogens is 1. The maximum absolute atomic E-state index is 12.3. The molecule has 23 heavy (non-hydrogen) atoms. The molecular formula is C17H19ClN2O3. The first kappa shape index (κ1) is 17.2. The van der Waals surface area contributed by atoms with E-state index in [4.69, 9.17) is 16.7 Å². The number of amides is 1. The van der Waals surface area contributed by atoms with Crippen molar-refractivity contribution in [2.75, 3.05) is 0 Å². The molecular weight excluding hydrogens is 316 g/mol. The van der Waals surface area contributed by atoms with Crippen molar-refractivity contribution in [2.45, 2.75) is 31.7 Å². The maximum atomic E-state index is 12.3. The molecule has 0 aromatic heterocycles. The molecule has 5 nitrogen and oxygen atoms in total. The summed E-state index contributed by atoms with van der Waals surface area (Å²) >= 11 is 5.88. The van der Waals surface area contributed by atoms with Gasteiger partial charge in [0.1, 0.15) is 0 Å². The quantitative estimate of drug-likeness (QED) is 0.807. The van der Waals surface area contributed by atoms with Crippen molar-refractivity contribution in [1.29, 1.82) is 0 Å². The van der Waals surface area contributed by atoms with Crippen molar-refractivity contribution < 1.29 is 14.7 Å². The molecule has 1 amide bonds. The molecule has 1 fully saturated rings. The predicted octanol–water partition coefficient (Wildman–Crippen LogP) is 3.60. The van der Waals surface area contributed by atoms with Gasteiger partial charge in [0.15, 0.2) is 0 Å². The van der Waals surface area contributed by atoms with Crippen LogP contribution in [0.15, 0.2) is 29.8 Å². The number of rotatable bonds is 5. The molecule has 122 valence electrons. The summed E-state index contributed by atoms with van der Waals surface area (Å²) in [6.45, 7) is 7.13. The van der Waals surface area contributed by atoms with Gasteiger partial charge in [-0.2, -0.15) is 0 Å². The van der Waals surface area contributed by atoms with Crippen LogP contribution in [0.1, 0.15) is 41.6 Å². The molecule has 1 aliphatic carbocycles. The van der Waals surface area contributed by atoms with Crippen LogP contribution in [0.4, 0.5) is 5.69 Å². The van der Waals surface area contributed by atoms with Gasteiger partial charge < -0.3 is 10.4 Å². The molecule has 0 saturated heterocycles. The van der Waals surface area contributed by atoms with Crippen LogP contribution in [-0.2, 0) is 4.79 Å². The van der Waals surface area contributed by atoms with Crippen LogP contribution < -0.4 is 5.32 Å². The van der Waals surface area contributed by atoms with Gasteiger partial charge in [-0.25, -0.2) is 0 Å². The third-order valence-corrected chi connectivity index (χ3v) is 4.34. The molecule has 0 unspecified atom stereocenters. The monoisotopic (exact) mass is 334 g/mol. The fraction of sp³-hybridized carbons (Fsp3) is 0.353. The fourth-order valence-electron chi connectivity index (χ4n) is 2.79. The Morgan fingerprint density at radius 2 is 1.91 bits per heavy atom. The van der Waals surface area contributed by atoms with Gasteiger partial charge in [0.05, 0.1) is 11.6 Å². The Hall–Kier alpha value is -2.14. The zero-order valence-electron chi connectivity index (χ0n) is 12.7. The molecule has 1 aromatic carbocycles. The Bertz CT molecular complexity index is 649. The number of benzene rings is 1. The highest BCUT2D eigenvalue weighted by atomic mass is 35.5. The molecule has 2 N–H and O–H groups in total. The summed E-state index contributed by atoms with van der Waals surface area (Å²) in [5.41, 5.74) is 1.61. The first-order valence-electron chi connectivity index (χ1n) is 7.41. The molecule has 1 aromatic rings. The fourth-order valence-corrected chi connectivity index (χ4v) is 2.95. The lowest BCUT2D eigenvalue weighted by atomic mass is 9.86. The van der Waals surface area contributed by atoms with E-state index in [0.29, 0.717) is 47.5 Å². The summed E-state index contributed by atoms with van der Waals surface area (Å²) in [6, 6.07) is 4.97. The van der Waals surface area contributed by atoms with E-state index in [1.807, 2.05) is 0 Å². The summed E-state index contributed by atoms with van der Waals surface area (Å²) in [6.07, 6.45) is 2.52. The van der Waals surface area contributed by atoms with E-state index in [2.05, 4.69) is 23.6 Å². The van der Waals surface area contributed by atoms with Crippen molar-refractivity contribution in [3.8, 4) is 0 Å². The number of carbonyl (C=O) groups is 2. The number of carbonyl (C=O) groups excluding carboxylic acids is 1. The maximum Gasteiger partial charge on any atom is 0.306 e. The number of hydrogen-bond acceptors (Lipinski definition) is 3. The molecule has 6 heteroatoms. The van der Waals surface area contributed by atoms with E-state index in [-0.39, 0.29) is 17.9 Å². The van der Waals surface area contributed by atoms with Gasteiger partial charge in [-0.05, 0) is 44.5 Å². The summed E-state index contributed by atoms with van der Waals surface area (Å²) < 4.78 is 0. The van der Waals surface area contributed by atoms with Crippen molar-refractivity contribution in [2.24, 2.45) is 10.9 Å². The minimum atomic E-state index is -0.756. The van der Waals surface area contributed by atoms with Crippen LogP contribution in [0.5, 0.6) is 0 Å². The lowest BCUT2D eigenvalue weighted by molar-refractivity contribution is -0.142. The first-order valence-corrected chi connectivity index (χ1v) is 7.79. The first-order chi connectivity index (χ1) is 10.9. The standard InChI is InChI=1S/C17H19ClN2O3/c1-10(18)14-8-5-12(9-15(14)19-2)16(21)20-13-6-3-11(4-7-13)17(22)23/h5,8-9,11,13H,1-4,6-7H2,(H,20,21)(H,22,23). The third-order valence-electron chi connectivity index (χ3n) is 4.13. The zero-order valence-corrected chi connectivity index (χ0v) is 13.5. The van der Waals surface area contributed by atoms with E-state index in [9.17, 15) is 9.59 Å². The van der Waals surface area contributed by atoms with Gasteiger partial charge >= 0.3 is 5.97 Å². The van der Waals surface area contributed by atoms with E-state index >= 15 is 0 Å². The van der Waals surface area contributed by atoms with Crippen molar-refractivity contribution in [3.63, 3.8) is 0 Å². The van der Waals surface area contributed by atoms with E-state index in [1.165, 1.54) is 0 Å². The van der Waals surface area contributed by atoms with Crippen molar-refractivity contribution >= 4 is 40.9 Å². The second-order valence-electron chi connectivity index (χ2n) is 5.66. The molecule has 0 atom stereocenters. The summed E-state index contributed by atoms with van der Waals surface area (Å²) in [5, 5.41) is 12.3. The molecule has 0 radical (unpaired) electrons. The average molecular weight is 335 g/mol. The van der Waals surface area contributed by atoms with Crippen molar-refractivity contribution in [3.05, 3.63) is 35.9 Å². The highest BCUT2D eigenvalue weighted by molar-refractivity contribution is 6.48. The van der Waals surface area contributed by atoms with E-state index in [1.54, 1.807) is 18.2 Å². The number of hydrogen-bond donors (Lipinski definition) is 2.